The number of hydrogen-bond acceptors (Lipinski definition) is 12. The quantitative estimate of drug-likeness (QED) is 0.0506. The van der Waals surface area contributed by atoms with Crippen LogP contribution in [0.25, 0.3) is 165 Å². The number of aromatic nitrogens is 11. The molecule has 10 aromatic heterocycles. The Morgan fingerprint density at radius 3 is 0.863 bits per heavy atom. The van der Waals surface area contributed by atoms with Crippen LogP contribution in [0.15, 0.2) is 327 Å². The number of halogens is 20. The molecule has 0 unspecified atom stereocenters. The highest BCUT2D eigenvalue weighted by molar-refractivity contribution is 5.75. The maximum absolute atomic E-state index is 13.2. The third-order valence-electron chi connectivity index (χ3n) is 22.2. The number of ether oxygens (including phenoxy) is 3. The second-order valence-electron chi connectivity index (χ2n) is 32.8. The molecule has 0 aliphatic carbocycles. The Hall–Kier alpha value is -17.4. The van der Waals surface area contributed by atoms with Crippen LogP contribution in [0.3, 0.4) is 0 Å². The molecular formula is C108H77F20N11O7. The van der Waals surface area contributed by atoms with Crippen molar-refractivity contribution in [2.75, 3.05) is 0 Å². The Balaban J connectivity index is 0.000000131. The molecule has 0 saturated carbocycles. The molecule has 0 atom stereocenters. The predicted octanol–water partition coefficient (Wildman–Crippen LogP) is 32.7. The fourth-order valence-electron chi connectivity index (χ4n) is 15.6. The van der Waals surface area contributed by atoms with Gasteiger partial charge in [0.1, 0.15) is 57.7 Å². The third-order valence-corrected chi connectivity index (χ3v) is 22.2. The maximum Gasteiger partial charge on any atom is 0.573 e. The standard InChI is InChI=1S/C23H20F3N3.C22H14F6N2O2.C21H14F4N2O2.C21H14F4N2O.C21H15F3N2O2/c1-14-12-20(22-27-15(2)21(28-22)17-8-5-4-6-9-17)16(3)29(14)19-11-7-10-18(13-19)23(24,25)26;1-12-19(13-5-3-2-4-6-13)30-20(29-12)18-8-7-17(31-18)14-9-15(21(23,24)25)11-16(10-14)32-22(26,27)28;1-12-19(13-5-7-15(22)8-6-13)27-20(26-12)18-10-9-17(28-18)14-3-2-4-16(11-14)29-21(23,24)25;1-12-19(13-5-7-16(22)8-6-13)27-20(26-12)18-10-9-17(28-18)14-3-2-4-15(11-14)21(23,24)25;1-13-19(14-6-3-2-4-7-14)26-20(25-13)18-11-10-17(27-18)15-8-5-9-16(12-15)28-21(22,23)24/h4-13H,1-3H3,(H,27,28);2-11H,1H3,(H,29,30);2-11H,1H3,(H,26,27);2-11H,1H3,(H,26,27);2-12H,1H3,(H,25,26). The van der Waals surface area contributed by atoms with E-state index in [9.17, 15) is 87.8 Å². The fraction of sp³-hybridized carbons (Fsp3) is 0.120. The minimum absolute atomic E-state index is 0.0755. The lowest BCUT2D eigenvalue weighted by Crippen LogP contribution is -2.17. The summed E-state index contributed by atoms with van der Waals surface area (Å²) in [6.07, 6.45) is -28.3. The number of aromatic amines is 5. The summed E-state index contributed by atoms with van der Waals surface area (Å²) in [6.45, 7) is 13.1. The number of rotatable bonds is 18. The van der Waals surface area contributed by atoms with Crippen molar-refractivity contribution >= 4 is 0 Å². The van der Waals surface area contributed by atoms with Gasteiger partial charge in [-0.3, -0.25) is 0 Å². The second kappa shape index (κ2) is 41.7. The van der Waals surface area contributed by atoms with E-state index in [-0.39, 0.29) is 46.3 Å². The number of H-pyrrole nitrogens is 5. The molecule has 38 heteroatoms. The van der Waals surface area contributed by atoms with Gasteiger partial charge in [0.2, 0.25) is 0 Å². The zero-order valence-corrected chi connectivity index (χ0v) is 77.0. The van der Waals surface area contributed by atoms with Gasteiger partial charge in [-0.1, -0.05) is 133 Å². The summed E-state index contributed by atoms with van der Waals surface area (Å²) in [5.74, 6) is 2.67. The Labute approximate surface area is 816 Å². The highest BCUT2D eigenvalue weighted by atomic mass is 19.4. The van der Waals surface area contributed by atoms with E-state index in [0.717, 1.165) is 109 Å². The van der Waals surface area contributed by atoms with Gasteiger partial charge in [0.05, 0.1) is 45.2 Å². The van der Waals surface area contributed by atoms with Crippen LogP contribution in [-0.2, 0) is 18.5 Å². The molecule has 5 N–H and O–H groups in total. The average Bonchev–Trinajstić information content (AvgIpc) is 1.61. The largest absolute Gasteiger partial charge is 0.573 e. The van der Waals surface area contributed by atoms with Crippen LogP contribution < -0.4 is 14.2 Å². The second-order valence-corrected chi connectivity index (χ2v) is 32.8. The van der Waals surface area contributed by atoms with Crippen LogP contribution in [0.2, 0.25) is 0 Å². The molecule has 0 radical (unpaired) electrons. The Bertz CT molecular complexity index is 7930. The van der Waals surface area contributed by atoms with Crippen LogP contribution in [0.4, 0.5) is 87.8 Å². The van der Waals surface area contributed by atoms with Gasteiger partial charge in [0.25, 0.3) is 0 Å². The Kier molecular flexibility index (Phi) is 29.0. The number of furan rings is 4. The number of benzene rings is 10. The zero-order chi connectivity index (χ0) is 104. The Morgan fingerprint density at radius 1 is 0.240 bits per heavy atom. The first kappa shape index (κ1) is 102. The molecular weight excluding hydrogens is 1940 g/mol. The van der Waals surface area contributed by atoms with Crippen LogP contribution in [-0.4, -0.2) is 73.5 Å². The number of alkyl halides is 18. The molecule has 0 aliphatic rings. The number of imidazole rings is 5. The molecule has 10 aromatic carbocycles. The summed E-state index contributed by atoms with van der Waals surface area (Å²) < 4.78 is 293. The van der Waals surface area contributed by atoms with Crippen molar-refractivity contribution in [3.63, 3.8) is 0 Å². The van der Waals surface area contributed by atoms with Gasteiger partial charge in [-0.25, -0.2) is 33.7 Å². The van der Waals surface area contributed by atoms with Crippen molar-refractivity contribution in [3.05, 3.63) is 378 Å². The van der Waals surface area contributed by atoms with Crippen LogP contribution >= 0.6 is 0 Å². The van der Waals surface area contributed by atoms with Gasteiger partial charge in [-0.05, 0) is 224 Å². The molecule has 0 amide bonds. The van der Waals surface area contributed by atoms with Crippen molar-refractivity contribution in [2.45, 2.75) is 86.1 Å². The molecule has 10 heterocycles. The van der Waals surface area contributed by atoms with Crippen molar-refractivity contribution in [3.8, 4) is 182 Å². The minimum Gasteiger partial charge on any atom is -0.453 e. The molecule has 146 heavy (non-hydrogen) atoms. The van der Waals surface area contributed by atoms with Crippen molar-refractivity contribution < 1.29 is 120 Å². The lowest BCUT2D eigenvalue weighted by atomic mass is 10.1. The van der Waals surface area contributed by atoms with Crippen molar-refractivity contribution in [1.82, 2.24) is 54.4 Å². The van der Waals surface area contributed by atoms with E-state index in [1.807, 2.05) is 143 Å². The molecule has 0 fully saturated rings. The average molecular weight is 2020 g/mol. The highest BCUT2D eigenvalue weighted by Crippen LogP contribution is 2.44. The third kappa shape index (κ3) is 24.9. The molecule has 0 bridgehead atoms. The van der Waals surface area contributed by atoms with E-state index in [1.54, 1.807) is 91.9 Å². The summed E-state index contributed by atoms with van der Waals surface area (Å²) in [5, 5.41) is 0. The molecule has 746 valence electrons. The Morgan fingerprint density at radius 2 is 0.514 bits per heavy atom. The monoisotopic (exact) mass is 2020 g/mol. The van der Waals surface area contributed by atoms with Crippen LogP contribution in [0, 0.1) is 60.1 Å². The minimum atomic E-state index is -5.14. The highest BCUT2D eigenvalue weighted by Gasteiger charge is 2.38. The van der Waals surface area contributed by atoms with Gasteiger partial charge in [-0.15, -0.1) is 39.5 Å². The first-order chi connectivity index (χ1) is 69.2. The number of nitrogens with one attached hydrogen (secondary N) is 5. The van der Waals surface area contributed by atoms with E-state index in [4.69, 9.17) is 22.7 Å². The van der Waals surface area contributed by atoms with E-state index < -0.39 is 60.1 Å². The summed E-state index contributed by atoms with van der Waals surface area (Å²) in [5.41, 5.74) is 13.4. The summed E-state index contributed by atoms with van der Waals surface area (Å²) in [6, 6.07) is 78.8. The number of nitrogens with zero attached hydrogens (tertiary/aromatic N) is 6. The number of hydrogen-bond donors (Lipinski definition) is 5. The number of aryl methyl sites for hydroxylation is 6. The smallest absolute Gasteiger partial charge is 0.453 e. The first-order valence-corrected chi connectivity index (χ1v) is 43.9. The molecule has 0 spiro atoms. The van der Waals surface area contributed by atoms with Crippen molar-refractivity contribution in [2.24, 2.45) is 0 Å². The summed E-state index contributed by atoms with van der Waals surface area (Å²) >= 11 is 0. The molecule has 20 aromatic rings. The van der Waals surface area contributed by atoms with E-state index >= 15 is 0 Å². The summed E-state index contributed by atoms with van der Waals surface area (Å²) in [7, 11) is 0. The molecule has 0 saturated heterocycles. The van der Waals surface area contributed by atoms with Gasteiger partial charge >= 0.3 is 37.6 Å². The van der Waals surface area contributed by atoms with Gasteiger partial charge in [-0.2, -0.15) is 39.5 Å². The van der Waals surface area contributed by atoms with E-state index in [2.05, 4.69) is 59.1 Å². The predicted molar refractivity (Wildman–Crippen MR) is 506 cm³/mol. The molecule has 0 aliphatic heterocycles. The molecule has 20 rings (SSSR count). The van der Waals surface area contributed by atoms with Gasteiger partial charge in [0, 0.05) is 101 Å². The van der Waals surface area contributed by atoms with Crippen LogP contribution in [0.5, 0.6) is 17.2 Å². The van der Waals surface area contributed by atoms with Gasteiger partial charge in [0.15, 0.2) is 46.3 Å². The first-order valence-electron chi connectivity index (χ1n) is 43.9. The van der Waals surface area contributed by atoms with E-state index in [1.165, 1.54) is 91.0 Å². The van der Waals surface area contributed by atoms with Crippen LogP contribution in [0.1, 0.15) is 56.5 Å². The maximum atomic E-state index is 13.2. The summed E-state index contributed by atoms with van der Waals surface area (Å²) in [4.78, 5) is 38.6. The topological polar surface area (TPSA) is 229 Å². The molecule has 18 nitrogen and oxygen atoms in total. The zero-order valence-electron chi connectivity index (χ0n) is 77.0. The lowest BCUT2D eigenvalue weighted by Gasteiger charge is -2.13. The normalized spacial score (nSPS) is 11.8. The van der Waals surface area contributed by atoms with Crippen molar-refractivity contribution in [1.29, 1.82) is 0 Å². The lowest BCUT2D eigenvalue weighted by molar-refractivity contribution is -0.275. The van der Waals surface area contributed by atoms with E-state index in [0.29, 0.717) is 109 Å². The fourth-order valence-corrected chi connectivity index (χ4v) is 15.6. The SMILES string of the molecule is Cc1[nH]c(-c2cc(C)n(-c3cccc(C(F)(F)F)c3)c2C)nc1-c1ccccc1.Cc1[nH]c(-c2ccc(-c3cc(OC(F)(F)F)cc(C(F)(F)F)c3)o2)nc1-c1ccccc1.Cc1[nH]c(-c2ccc(-c3cccc(C(F)(F)F)c3)o2)nc1-c1ccc(F)cc1.Cc1[nH]c(-c2ccc(-c3cccc(OC(F)(F)F)c3)o2)nc1-c1ccc(F)cc1.Cc1[nH]c(-c2ccc(-c3cccc(OC(F)(F)F)c3)o2)nc1-c1ccccc1. The van der Waals surface area contributed by atoms with Gasteiger partial charge < -0.3 is 61.4 Å².